The molecule has 0 spiro atoms. The first-order valence-corrected chi connectivity index (χ1v) is 6.98. The van der Waals surface area contributed by atoms with Crippen LogP contribution in [-0.2, 0) is 9.53 Å². The molecule has 2 rings (SSSR count). The van der Waals surface area contributed by atoms with Crippen molar-refractivity contribution in [3.05, 3.63) is 0 Å². The van der Waals surface area contributed by atoms with Crippen LogP contribution in [-0.4, -0.2) is 23.8 Å². The SMILES string of the molecule is CCC1CCCCC1C1(C(=O)O)CCOC1C. The topological polar surface area (TPSA) is 46.5 Å². The molecule has 98 valence electrons. The Balaban J connectivity index is 2.28. The normalized spacial score (nSPS) is 42.6. The fourth-order valence-corrected chi connectivity index (χ4v) is 4.06. The highest BCUT2D eigenvalue weighted by Crippen LogP contribution is 2.51. The molecule has 0 aromatic rings. The van der Waals surface area contributed by atoms with E-state index in [-0.39, 0.29) is 6.10 Å². The molecule has 1 aliphatic heterocycles. The van der Waals surface area contributed by atoms with Crippen LogP contribution in [0.4, 0.5) is 0 Å². The van der Waals surface area contributed by atoms with E-state index in [9.17, 15) is 9.90 Å². The summed E-state index contributed by atoms with van der Waals surface area (Å²) in [6.45, 7) is 4.75. The van der Waals surface area contributed by atoms with Crippen LogP contribution in [0.25, 0.3) is 0 Å². The van der Waals surface area contributed by atoms with Crippen molar-refractivity contribution in [3.8, 4) is 0 Å². The van der Waals surface area contributed by atoms with Gasteiger partial charge in [-0.25, -0.2) is 0 Å². The Morgan fingerprint density at radius 2 is 2.12 bits per heavy atom. The molecule has 17 heavy (non-hydrogen) atoms. The number of hydrogen-bond acceptors (Lipinski definition) is 2. The fraction of sp³-hybridized carbons (Fsp3) is 0.929. The Hall–Kier alpha value is -0.570. The lowest BCUT2D eigenvalue weighted by molar-refractivity contribution is -0.160. The van der Waals surface area contributed by atoms with E-state index in [2.05, 4.69) is 6.92 Å². The van der Waals surface area contributed by atoms with Gasteiger partial charge < -0.3 is 9.84 Å². The monoisotopic (exact) mass is 240 g/mol. The smallest absolute Gasteiger partial charge is 0.312 e. The van der Waals surface area contributed by atoms with Crippen molar-refractivity contribution in [3.63, 3.8) is 0 Å². The molecule has 1 aliphatic carbocycles. The van der Waals surface area contributed by atoms with Gasteiger partial charge in [-0.15, -0.1) is 0 Å². The van der Waals surface area contributed by atoms with Gasteiger partial charge in [0.1, 0.15) is 0 Å². The Labute approximate surface area is 104 Å². The largest absolute Gasteiger partial charge is 0.481 e. The zero-order valence-corrected chi connectivity index (χ0v) is 10.9. The standard InChI is InChI=1S/C14H24O3/c1-3-11-6-4-5-7-12(11)14(13(15)16)8-9-17-10(14)2/h10-12H,3-9H2,1-2H3,(H,15,16). The van der Waals surface area contributed by atoms with Gasteiger partial charge >= 0.3 is 5.97 Å². The molecule has 0 aromatic heterocycles. The highest BCUT2D eigenvalue weighted by Gasteiger charge is 2.55. The zero-order chi connectivity index (χ0) is 12.5. The molecule has 1 saturated carbocycles. The molecule has 4 atom stereocenters. The van der Waals surface area contributed by atoms with Gasteiger partial charge in [-0.3, -0.25) is 4.79 Å². The second-order valence-corrected chi connectivity index (χ2v) is 5.67. The minimum absolute atomic E-state index is 0.128. The maximum atomic E-state index is 11.8. The Morgan fingerprint density at radius 3 is 2.65 bits per heavy atom. The van der Waals surface area contributed by atoms with Crippen LogP contribution < -0.4 is 0 Å². The number of carbonyl (C=O) groups is 1. The van der Waals surface area contributed by atoms with E-state index in [4.69, 9.17) is 4.74 Å². The van der Waals surface area contributed by atoms with E-state index in [1.807, 2.05) is 6.92 Å². The molecule has 4 unspecified atom stereocenters. The van der Waals surface area contributed by atoms with Gasteiger partial charge in [0, 0.05) is 6.61 Å². The Morgan fingerprint density at radius 1 is 1.41 bits per heavy atom. The lowest BCUT2D eigenvalue weighted by Gasteiger charge is -2.43. The first-order valence-electron chi connectivity index (χ1n) is 6.98. The minimum Gasteiger partial charge on any atom is -0.481 e. The molecule has 0 amide bonds. The summed E-state index contributed by atoms with van der Waals surface area (Å²) < 4.78 is 5.60. The van der Waals surface area contributed by atoms with E-state index >= 15 is 0 Å². The molecular weight excluding hydrogens is 216 g/mol. The van der Waals surface area contributed by atoms with E-state index < -0.39 is 11.4 Å². The van der Waals surface area contributed by atoms with Crippen molar-refractivity contribution >= 4 is 5.97 Å². The van der Waals surface area contributed by atoms with Crippen molar-refractivity contribution in [2.45, 2.75) is 58.5 Å². The van der Waals surface area contributed by atoms with Crippen LogP contribution in [0.5, 0.6) is 0 Å². The molecule has 3 heteroatoms. The van der Waals surface area contributed by atoms with Gasteiger partial charge in [0.2, 0.25) is 0 Å². The third-order valence-electron chi connectivity index (χ3n) is 5.10. The van der Waals surface area contributed by atoms with Crippen LogP contribution in [0.15, 0.2) is 0 Å². The van der Waals surface area contributed by atoms with Crippen molar-refractivity contribution < 1.29 is 14.6 Å². The highest BCUT2D eigenvalue weighted by atomic mass is 16.5. The summed E-state index contributed by atoms with van der Waals surface area (Å²) >= 11 is 0. The molecule has 3 nitrogen and oxygen atoms in total. The third-order valence-corrected chi connectivity index (χ3v) is 5.10. The Kier molecular flexibility index (Phi) is 3.76. The zero-order valence-electron chi connectivity index (χ0n) is 10.9. The molecule has 1 saturated heterocycles. The van der Waals surface area contributed by atoms with Gasteiger partial charge in [-0.1, -0.05) is 32.6 Å². The quantitative estimate of drug-likeness (QED) is 0.824. The fourth-order valence-electron chi connectivity index (χ4n) is 4.06. The summed E-state index contributed by atoms with van der Waals surface area (Å²) in [5.41, 5.74) is -0.610. The van der Waals surface area contributed by atoms with Crippen molar-refractivity contribution in [1.29, 1.82) is 0 Å². The summed E-state index contributed by atoms with van der Waals surface area (Å²) in [6, 6.07) is 0. The predicted octanol–water partition coefficient (Wildman–Crippen LogP) is 3.08. The summed E-state index contributed by atoms with van der Waals surface area (Å²) in [4.78, 5) is 11.8. The average Bonchev–Trinajstić information content (AvgIpc) is 2.72. The van der Waals surface area contributed by atoms with Gasteiger partial charge in [0.25, 0.3) is 0 Å². The number of carboxylic acid groups (broad SMARTS) is 1. The van der Waals surface area contributed by atoms with E-state index in [1.54, 1.807) is 0 Å². The third kappa shape index (κ3) is 1.99. The molecular formula is C14H24O3. The van der Waals surface area contributed by atoms with Gasteiger partial charge in [-0.05, 0) is 31.6 Å². The van der Waals surface area contributed by atoms with E-state index in [0.29, 0.717) is 24.9 Å². The molecule has 2 aliphatic rings. The number of ether oxygens (including phenoxy) is 1. The molecule has 1 heterocycles. The average molecular weight is 240 g/mol. The van der Waals surface area contributed by atoms with Crippen LogP contribution in [0.2, 0.25) is 0 Å². The molecule has 0 aromatic carbocycles. The molecule has 2 fully saturated rings. The predicted molar refractivity (Wildman–Crippen MR) is 65.8 cm³/mol. The minimum atomic E-state index is -0.632. The van der Waals surface area contributed by atoms with Crippen LogP contribution >= 0.6 is 0 Å². The number of aliphatic carboxylic acids is 1. The number of rotatable bonds is 3. The maximum Gasteiger partial charge on any atom is 0.312 e. The van der Waals surface area contributed by atoms with Gasteiger partial charge in [-0.2, -0.15) is 0 Å². The maximum absolute atomic E-state index is 11.8. The van der Waals surface area contributed by atoms with Gasteiger partial charge in [0.15, 0.2) is 0 Å². The van der Waals surface area contributed by atoms with E-state index in [1.165, 1.54) is 19.3 Å². The summed E-state index contributed by atoms with van der Waals surface area (Å²) in [6.07, 6.45) is 6.39. The summed E-state index contributed by atoms with van der Waals surface area (Å²) in [5, 5.41) is 9.72. The lowest BCUT2D eigenvalue weighted by atomic mass is 9.60. The highest BCUT2D eigenvalue weighted by molar-refractivity contribution is 5.76. The van der Waals surface area contributed by atoms with Gasteiger partial charge in [0.05, 0.1) is 11.5 Å². The second kappa shape index (κ2) is 4.97. The number of carboxylic acids is 1. The van der Waals surface area contributed by atoms with Crippen LogP contribution in [0.3, 0.4) is 0 Å². The van der Waals surface area contributed by atoms with Crippen molar-refractivity contribution in [2.24, 2.45) is 17.3 Å². The first kappa shape index (κ1) is 12.9. The lowest BCUT2D eigenvalue weighted by Crippen LogP contribution is -2.47. The summed E-state index contributed by atoms with van der Waals surface area (Å²) in [7, 11) is 0. The molecule has 1 N–H and O–H groups in total. The Bertz CT molecular complexity index is 289. The van der Waals surface area contributed by atoms with Crippen molar-refractivity contribution in [1.82, 2.24) is 0 Å². The first-order chi connectivity index (χ1) is 8.13. The summed E-state index contributed by atoms with van der Waals surface area (Å²) in [5.74, 6) is 0.257. The molecule has 0 bridgehead atoms. The van der Waals surface area contributed by atoms with Crippen molar-refractivity contribution in [2.75, 3.05) is 6.61 Å². The van der Waals surface area contributed by atoms with Crippen LogP contribution in [0.1, 0.15) is 52.4 Å². The van der Waals surface area contributed by atoms with E-state index in [0.717, 1.165) is 12.8 Å². The second-order valence-electron chi connectivity index (χ2n) is 5.67. The molecule has 0 radical (unpaired) electrons. The number of hydrogen-bond donors (Lipinski definition) is 1. The van der Waals surface area contributed by atoms with Crippen LogP contribution in [0, 0.1) is 17.3 Å².